The van der Waals surface area contributed by atoms with Gasteiger partial charge in [-0.2, -0.15) is 0 Å². The van der Waals surface area contributed by atoms with Crippen LogP contribution in [0.5, 0.6) is 0 Å². The summed E-state index contributed by atoms with van der Waals surface area (Å²) in [6.07, 6.45) is 2.76. The standard InChI is InChI=1S/C9H21N2O/c1-11(5-2-3-6-11)7-9-12-8-4-10/h2-10H2,1H3/q+1. The van der Waals surface area contributed by atoms with Gasteiger partial charge in [0, 0.05) is 19.4 Å². The van der Waals surface area contributed by atoms with Crippen LogP contribution in [0.15, 0.2) is 0 Å². The summed E-state index contributed by atoms with van der Waals surface area (Å²) in [6, 6.07) is 0. The molecule has 1 aliphatic rings. The molecule has 0 aromatic rings. The lowest BCUT2D eigenvalue weighted by Gasteiger charge is -2.28. The molecule has 0 unspecified atom stereocenters. The molecule has 0 radical (unpaired) electrons. The van der Waals surface area contributed by atoms with Gasteiger partial charge in [0.2, 0.25) is 0 Å². The van der Waals surface area contributed by atoms with Crippen LogP contribution in [0.25, 0.3) is 0 Å². The molecule has 0 atom stereocenters. The van der Waals surface area contributed by atoms with E-state index in [-0.39, 0.29) is 0 Å². The molecule has 1 aliphatic heterocycles. The number of likely N-dealkylation sites (N-methyl/N-ethyl adjacent to an activating group) is 1. The zero-order valence-corrected chi connectivity index (χ0v) is 8.09. The number of likely N-dealkylation sites (tertiary alicyclic amines) is 1. The number of nitrogens with zero attached hydrogens (tertiary/aromatic N) is 1. The minimum atomic E-state index is 0.643. The van der Waals surface area contributed by atoms with Crippen molar-refractivity contribution in [1.82, 2.24) is 0 Å². The molecule has 12 heavy (non-hydrogen) atoms. The normalized spacial score (nSPS) is 21.5. The Morgan fingerprint density at radius 3 is 2.50 bits per heavy atom. The van der Waals surface area contributed by atoms with E-state index < -0.39 is 0 Å². The van der Waals surface area contributed by atoms with Gasteiger partial charge in [0.05, 0.1) is 33.4 Å². The molecule has 72 valence electrons. The predicted octanol–water partition coefficient (Wildman–Crippen LogP) is 0.202. The molecule has 1 heterocycles. The van der Waals surface area contributed by atoms with Crippen molar-refractivity contribution in [2.24, 2.45) is 5.73 Å². The number of hydrogen-bond acceptors (Lipinski definition) is 2. The first-order chi connectivity index (χ1) is 5.77. The van der Waals surface area contributed by atoms with E-state index in [1.54, 1.807) is 0 Å². The minimum absolute atomic E-state index is 0.643. The minimum Gasteiger partial charge on any atom is -0.374 e. The highest BCUT2D eigenvalue weighted by Crippen LogP contribution is 2.15. The van der Waals surface area contributed by atoms with E-state index in [0.29, 0.717) is 13.2 Å². The summed E-state index contributed by atoms with van der Waals surface area (Å²) < 4.78 is 6.57. The van der Waals surface area contributed by atoms with Gasteiger partial charge < -0.3 is 15.0 Å². The number of nitrogens with two attached hydrogens (primary N) is 1. The maximum Gasteiger partial charge on any atom is 0.102 e. The molecule has 1 fully saturated rings. The zero-order chi connectivity index (χ0) is 8.86. The van der Waals surface area contributed by atoms with E-state index >= 15 is 0 Å². The van der Waals surface area contributed by atoms with Gasteiger partial charge in [-0.3, -0.25) is 0 Å². The van der Waals surface area contributed by atoms with Crippen LogP contribution in [0, 0.1) is 0 Å². The monoisotopic (exact) mass is 173 g/mol. The molecule has 0 bridgehead atoms. The van der Waals surface area contributed by atoms with Crippen molar-refractivity contribution < 1.29 is 9.22 Å². The zero-order valence-electron chi connectivity index (χ0n) is 8.09. The van der Waals surface area contributed by atoms with E-state index in [9.17, 15) is 0 Å². The Kier molecular flexibility index (Phi) is 3.98. The molecule has 0 saturated carbocycles. The molecule has 2 N–H and O–H groups in total. The average Bonchev–Trinajstić information content (AvgIpc) is 2.47. The fourth-order valence-electron chi connectivity index (χ4n) is 1.79. The Morgan fingerprint density at radius 1 is 1.25 bits per heavy atom. The first kappa shape index (κ1) is 9.96. The van der Waals surface area contributed by atoms with E-state index in [2.05, 4.69) is 7.05 Å². The molecule has 0 aromatic heterocycles. The SMILES string of the molecule is C[N+]1(CCOCCN)CCCC1. The summed E-state index contributed by atoms with van der Waals surface area (Å²) in [5.41, 5.74) is 5.33. The lowest BCUT2D eigenvalue weighted by atomic mass is 10.4. The van der Waals surface area contributed by atoms with Crippen LogP contribution < -0.4 is 5.73 Å². The predicted molar refractivity (Wildman–Crippen MR) is 49.9 cm³/mol. The van der Waals surface area contributed by atoms with Gasteiger partial charge in [-0.15, -0.1) is 0 Å². The van der Waals surface area contributed by atoms with Crippen molar-refractivity contribution >= 4 is 0 Å². The highest BCUT2D eigenvalue weighted by atomic mass is 16.5. The van der Waals surface area contributed by atoms with Gasteiger partial charge >= 0.3 is 0 Å². The van der Waals surface area contributed by atoms with Crippen LogP contribution in [0.4, 0.5) is 0 Å². The topological polar surface area (TPSA) is 35.2 Å². The summed E-state index contributed by atoms with van der Waals surface area (Å²) >= 11 is 0. The Balaban J connectivity index is 2.05. The Morgan fingerprint density at radius 2 is 1.92 bits per heavy atom. The summed E-state index contributed by atoms with van der Waals surface area (Å²) in [7, 11) is 2.32. The largest absolute Gasteiger partial charge is 0.374 e. The van der Waals surface area contributed by atoms with Crippen LogP contribution in [0.3, 0.4) is 0 Å². The number of quaternary nitrogens is 1. The van der Waals surface area contributed by atoms with Gasteiger partial charge in [0.1, 0.15) is 6.54 Å². The molecule has 1 rings (SSSR count). The van der Waals surface area contributed by atoms with Gasteiger partial charge in [0.25, 0.3) is 0 Å². The van der Waals surface area contributed by atoms with Crippen molar-refractivity contribution in [3.63, 3.8) is 0 Å². The van der Waals surface area contributed by atoms with Crippen LogP contribution in [-0.4, -0.2) is 50.9 Å². The summed E-state index contributed by atoms with van der Waals surface area (Å²) in [4.78, 5) is 0. The van der Waals surface area contributed by atoms with E-state index in [1.807, 2.05) is 0 Å². The molecule has 0 aromatic carbocycles. The van der Waals surface area contributed by atoms with Crippen LogP contribution in [-0.2, 0) is 4.74 Å². The average molecular weight is 173 g/mol. The smallest absolute Gasteiger partial charge is 0.102 e. The molecule has 0 aliphatic carbocycles. The summed E-state index contributed by atoms with van der Waals surface area (Å²) in [5.74, 6) is 0. The third kappa shape index (κ3) is 3.09. The summed E-state index contributed by atoms with van der Waals surface area (Å²) in [6.45, 7) is 6.02. The molecule has 1 saturated heterocycles. The van der Waals surface area contributed by atoms with E-state index in [0.717, 1.165) is 13.2 Å². The molecule has 3 heteroatoms. The highest BCUT2D eigenvalue weighted by molar-refractivity contribution is 4.51. The second-order valence-corrected chi connectivity index (χ2v) is 3.90. The maximum atomic E-state index is 5.37. The van der Waals surface area contributed by atoms with E-state index in [1.165, 1.54) is 30.4 Å². The van der Waals surface area contributed by atoms with Crippen LogP contribution in [0.1, 0.15) is 12.8 Å². The van der Waals surface area contributed by atoms with Crippen LogP contribution >= 0.6 is 0 Å². The number of ether oxygens (including phenoxy) is 1. The highest BCUT2D eigenvalue weighted by Gasteiger charge is 2.25. The van der Waals surface area contributed by atoms with Crippen molar-refractivity contribution in [2.45, 2.75) is 12.8 Å². The quantitative estimate of drug-likeness (QED) is 0.476. The molecule has 0 amide bonds. The van der Waals surface area contributed by atoms with Crippen molar-refractivity contribution in [1.29, 1.82) is 0 Å². The number of hydrogen-bond donors (Lipinski definition) is 1. The maximum absolute atomic E-state index is 5.37. The Bertz CT molecular complexity index is 122. The third-order valence-corrected chi connectivity index (χ3v) is 2.68. The molecular weight excluding hydrogens is 152 g/mol. The van der Waals surface area contributed by atoms with Crippen molar-refractivity contribution in [3.8, 4) is 0 Å². The van der Waals surface area contributed by atoms with Gasteiger partial charge in [-0.1, -0.05) is 0 Å². The first-order valence-electron chi connectivity index (χ1n) is 4.88. The Hall–Kier alpha value is -0.120. The first-order valence-corrected chi connectivity index (χ1v) is 4.88. The van der Waals surface area contributed by atoms with Crippen molar-refractivity contribution in [3.05, 3.63) is 0 Å². The second kappa shape index (κ2) is 4.80. The molecular formula is C9H21N2O+. The molecule has 3 nitrogen and oxygen atoms in total. The van der Waals surface area contributed by atoms with Gasteiger partial charge in [0.15, 0.2) is 0 Å². The van der Waals surface area contributed by atoms with Gasteiger partial charge in [-0.25, -0.2) is 0 Å². The fraction of sp³-hybridized carbons (Fsp3) is 1.00. The summed E-state index contributed by atoms with van der Waals surface area (Å²) in [5, 5.41) is 0. The van der Waals surface area contributed by atoms with E-state index in [4.69, 9.17) is 10.5 Å². The van der Waals surface area contributed by atoms with Crippen LogP contribution in [0.2, 0.25) is 0 Å². The van der Waals surface area contributed by atoms with Gasteiger partial charge in [-0.05, 0) is 0 Å². The fourth-order valence-corrected chi connectivity index (χ4v) is 1.79. The lowest BCUT2D eigenvalue weighted by Crippen LogP contribution is -2.43. The number of rotatable bonds is 5. The molecule has 0 spiro atoms. The second-order valence-electron chi connectivity index (χ2n) is 3.90. The van der Waals surface area contributed by atoms with Crippen molar-refractivity contribution in [2.75, 3.05) is 46.4 Å². The third-order valence-electron chi connectivity index (χ3n) is 2.68. The Labute approximate surface area is 75.1 Å². The lowest BCUT2D eigenvalue weighted by molar-refractivity contribution is -0.898.